The van der Waals surface area contributed by atoms with Crippen LogP contribution in [0.4, 0.5) is 0 Å². The van der Waals surface area contributed by atoms with E-state index in [1.54, 1.807) is 5.38 Å². The zero-order valence-corrected chi connectivity index (χ0v) is 7.53. The average molecular weight is 198 g/mol. The molecule has 0 aromatic carbocycles. The van der Waals surface area contributed by atoms with Gasteiger partial charge in [0.25, 0.3) is 0 Å². The first-order valence-corrected chi connectivity index (χ1v) is 4.38. The van der Waals surface area contributed by atoms with Gasteiger partial charge in [0.05, 0.1) is 7.11 Å². The molecule has 6 heteroatoms. The minimum absolute atomic E-state index is 0.539. The SMILES string of the molecule is COc1csc2[nH]c(=O)c(=O)[nH]c12. The highest BCUT2D eigenvalue weighted by molar-refractivity contribution is 7.17. The van der Waals surface area contributed by atoms with Crippen molar-refractivity contribution in [3.63, 3.8) is 0 Å². The summed E-state index contributed by atoms with van der Waals surface area (Å²) in [5.41, 5.74) is -0.765. The summed E-state index contributed by atoms with van der Waals surface area (Å²) in [5, 5.41) is 1.72. The predicted octanol–water partition coefficient (Wildman–Crippen LogP) is 0.286. The number of H-pyrrole nitrogens is 2. The molecule has 0 unspecified atom stereocenters. The van der Waals surface area contributed by atoms with Crippen molar-refractivity contribution in [1.29, 1.82) is 0 Å². The molecule has 68 valence electrons. The van der Waals surface area contributed by atoms with Crippen LogP contribution >= 0.6 is 11.3 Å². The van der Waals surface area contributed by atoms with Crippen LogP contribution in [0.25, 0.3) is 10.3 Å². The number of rotatable bonds is 1. The molecule has 2 aromatic rings. The van der Waals surface area contributed by atoms with Gasteiger partial charge >= 0.3 is 11.1 Å². The Kier molecular flexibility index (Phi) is 1.70. The van der Waals surface area contributed by atoms with Crippen molar-refractivity contribution in [3.8, 4) is 5.75 Å². The number of fused-ring (bicyclic) bond motifs is 1. The zero-order valence-electron chi connectivity index (χ0n) is 6.71. The molecule has 2 heterocycles. The number of hydrogen-bond donors (Lipinski definition) is 2. The lowest BCUT2D eigenvalue weighted by atomic mass is 10.5. The van der Waals surface area contributed by atoms with Crippen molar-refractivity contribution < 1.29 is 4.74 Å². The van der Waals surface area contributed by atoms with E-state index in [9.17, 15) is 9.59 Å². The van der Waals surface area contributed by atoms with Crippen LogP contribution in [-0.2, 0) is 0 Å². The maximum atomic E-state index is 10.9. The molecule has 0 fully saturated rings. The van der Waals surface area contributed by atoms with Crippen LogP contribution in [0, 0.1) is 0 Å². The van der Waals surface area contributed by atoms with Gasteiger partial charge in [-0.1, -0.05) is 0 Å². The highest BCUT2D eigenvalue weighted by Crippen LogP contribution is 2.26. The summed E-state index contributed by atoms with van der Waals surface area (Å²) in [6.45, 7) is 0. The van der Waals surface area contributed by atoms with Crippen LogP contribution in [0.5, 0.6) is 5.75 Å². The Bertz CT molecular complexity index is 551. The summed E-state index contributed by atoms with van der Waals surface area (Å²) in [4.78, 5) is 27.4. The fourth-order valence-corrected chi connectivity index (χ4v) is 1.89. The van der Waals surface area contributed by atoms with E-state index in [1.807, 2.05) is 0 Å². The van der Waals surface area contributed by atoms with Crippen LogP contribution in [0.1, 0.15) is 0 Å². The van der Waals surface area contributed by atoms with E-state index in [0.717, 1.165) is 0 Å². The van der Waals surface area contributed by atoms with Gasteiger partial charge in [-0.2, -0.15) is 0 Å². The summed E-state index contributed by atoms with van der Waals surface area (Å²) in [5.74, 6) is 0.563. The van der Waals surface area contributed by atoms with Crippen molar-refractivity contribution in [2.24, 2.45) is 0 Å². The monoisotopic (exact) mass is 198 g/mol. The molecule has 5 nitrogen and oxygen atoms in total. The Morgan fingerprint density at radius 1 is 1.31 bits per heavy atom. The summed E-state index contributed by atoms with van der Waals surface area (Å²) in [6, 6.07) is 0. The number of hydrogen-bond acceptors (Lipinski definition) is 4. The molecule has 2 N–H and O–H groups in total. The molecule has 0 aliphatic rings. The van der Waals surface area contributed by atoms with Gasteiger partial charge in [0.1, 0.15) is 10.3 Å². The lowest BCUT2D eigenvalue weighted by Crippen LogP contribution is -2.28. The van der Waals surface area contributed by atoms with Crippen molar-refractivity contribution in [1.82, 2.24) is 9.97 Å². The zero-order chi connectivity index (χ0) is 9.42. The van der Waals surface area contributed by atoms with Crippen LogP contribution < -0.4 is 15.9 Å². The van der Waals surface area contributed by atoms with Gasteiger partial charge in [0.2, 0.25) is 0 Å². The van der Waals surface area contributed by atoms with Gasteiger partial charge in [0, 0.05) is 5.38 Å². The maximum Gasteiger partial charge on any atom is 0.314 e. The van der Waals surface area contributed by atoms with E-state index >= 15 is 0 Å². The molecular weight excluding hydrogens is 192 g/mol. The topological polar surface area (TPSA) is 75.0 Å². The number of methoxy groups -OCH3 is 1. The molecule has 2 aromatic heterocycles. The first-order chi connectivity index (χ1) is 6.22. The lowest BCUT2D eigenvalue weighted by Gasteiger charge is -1.94. The third kappa shape index (κ3) is 1.15. The Morgan fingerprint density at radius 3 is 2.69 bits per heavy atom. The molecule has 0 aliphatic carbocycles. The number of aromatic nitrogens is 2. The van der Waals surface area contributed by atoms with E-state index in [4.69, 9.17) is 4.74 Å². The van der Waals surface area contributed by atoms with Crippen LogP contribution in [-0.4, -0.2) is 17.1 Å². The predicted molar refractivity (Wildman–Crippen MR) is 49.6 cm³/mol. The van der Waals surface area contributed by atoms with Gasteiger partial charge in [-0.25, -0.2) is 0 Å². The van der Waals surface area contributed by atoms with E-state index in [2.05, 4.69) is 9.97 Å². The first-order valence-electron chi connectivity index (χ1n) is 3.50. The van der Waals surface area contributed by atoms with Gasteiger partial charge in [-0.15, -0.1) is 11.3 Å². The molecule has 0 amide bonds. The molecule has 0 aliphatic heterocycles. The Balaban J connectivity index is 2.92. The second kappa shape index (κ2) is 2.74. The van der Waals surface area contributed by atoms with E-state index in [1.165, 1.54) is 18.4 Å². The fourth-order valence-electron chi connectivity index (χ4n) is 1.03. The summed E-state index contributed by atoms with van der Waals surface area (Å²) in [6.07, 6.45) is 0. The fraction of sp³-hybridized carbons (Fsp3) is 0.143. The molecule has 0 radical (unpaired) electrons. The number of aromatic amines is 2. The Hall–Kier alpha value is -1.56. The van der Waals surface area contributed by atoms with Gasteiger partial charge < -0.3 is 14.7 Å². The number of ether oxygens (including phenoxy) is 1. The standard InChI is InChI=1S/C7H6N2O3S/c1-12-3-2-13-7-4(3)8-5(10)6(11)9-7/h2H,1H3,(H,8,10)(H,9,11). The van der Waals surface area contributed by atoms with Gasteiger partial charge in [-0.05, 0) is 0 Å². The minimum Gasteiger partial charge on any atom is -0.494 e. The quantitative estimate of drug-likeness (QED) is 0.646. The van der Waals surface area contributed by atoms with E-state index in [0.29, 0.717) is 16.1 Å². The molecular formula is C7H6N2O3S. The highest BCUT2D eigenvalue weighted by atomic mass is 32.1. The van der Waals surface area contributed by atoms with Crippen LogP contribution in [0.15, 0.2) is 15.0 Å². The third-order valence-electron chi connectivity index (χ3n) is 1.65. The highest BCUT2D eigenvalue weighted by Gasteiger charge is 2.06. The molecule has 2 rings (SSSR count). The minimum atomic E-state index is -0.663. The second-order valence-electron chi connectivity index (χ2n) is 2.42. The summed E-state index contributed by atoms with van der Waals surface area (Å²) in [7, 11) is 1.50. The molecule has 0 saturated heterocycles. The van der Waals surface area contributed by atoms with Gasteiger partial charge in [-0.3, -0.25) is 9.59 Å². The normalized spacial score (nSPS) is 10.5. The summed E-state index contributed by atoms with van der Waals surface area (Å²) >= 11 is 1.31. The number of nitrogens with one attached hydrogen (secondary N) is 2. The van der Waals surface area contributed by atoms with E-state index < -0.39 is 11.1 Å². The lowest BCUT2D eigenvalue weighted by molar-refractivity contribution is 0.420. The first kappa shape index (κ1) is 8.06. The molecule has 0 atom stereocenters. The maximum absolute atomic E-state index is 10.9. The summed E-state index contributed by atoms with van der Waals surface area (Å²) < 4.78 is 4.98. The molecule has 0 saturated carbocycles. The number of thiophene rings is 1. The van der Waals surface area contributed by atoms with Crippen molar-refractivity contribution >= 4 is 21.7 Å². The van der Waals surface area contributed by atoms with Crippen molar-refractivity contribution in [3.05, 3.63) is 26.1 Å². The second-order valence-corrected chi connectivity index (χ2v) is 3.30. The molecule has 0 spiro atoms. The third-order valence-corrected chi connectivity index (χ3v) is 2.52. The Morgan fingerprint density at radius 2 is 2.00 bits per heavy atom. The van der Waals surface area contributed by atoms with Crippen molar-refractivity contribution in [2.45, 2.75) is 0 Å². The van der Waals surface area contributed by atoms with Crippen molar-refractivity contribution in [2.75, 3.05) is 7.11 Å². The van der Waals surface area contributed by atoms with Gasteiger partial charge in [0.15, 0.2) is 5.75 Å². The molecule has 0 bridgehead atoms. The Labute approximate surface area is 76.0 Å². The molecule has 13 heavy (non-hydrogen) atoms. The van der Waals surface area contributed by atoms with E-state index in [-0.39, 0.29) is 0 Å². The average Bonchev–Trinajstić information content (AvgIpc) is 2.48. The van der Waals surface area contributed by atoms with Crippen LogP contribution in [0.2, 0.25) is 0 Å². The largest absolute Gasteiger partial charge is 0.494 e. The smallest absolute Gasteiger partial charge is 0.314 e. The van der Waals surface area contributed by atoms with Crippen LogP contribution in [0.3, 0.4) is 0 Å².